The SMILES string of the molecule is CC(CN)(NC1CC1)C1CC1. The van der Waals surface area contributed by atoms with Crippen LogP contribution in [0.25, 0.3) is 0 Å². The average molecular weight is 154 g/mol. The first-order valence-corrected chi connectivity index (χ1v) is 4.72. The highest BCUT2D eigenvalue weighted by Crippen LogP contribution is 2.40. The topological polar surface area (TPSA) is 38.0 Å². The van der Waals surface area contributed by atoms with Crippen LogP contribution in [0.1, 0.15) is 32.6 Å². The van der Waals surface area contributed by atoms with E-state index in [0.29, 0.717) is 0 Å². The minimum absolute atomic E-state index is 0.265. The summed E-state index contributed by atoms with van der Waals surface area (Å²) in [5, 5.41) is 3.65. The lowest BCUT2D eigenvalue weighted by molar-refractivity contribution is 0.316. The van der Waals surface area contributed by atoms with E-state index < -0.39 is 0 Å². The van der Waals surface area contributed by atoms with Crippen molar-refractivity contribution in [1.82, 2.24) is 5.32 Å². The smallest absolute Gasteiger partial charge is 0.0306 e. The molecule has 0 saturated heterocycles. The summed E-state index contributed by atoms with van der Waals surface area (Å²) in [6.45, 7) is 3.08. The Labute approximate surface area is 68.5 Å². The summed E-state index contributed by atoms with van der Waals surface area (Å²) in [6, 6.07) is 0.796. The van der Waals surface area contributed by atoms with E-state index in [9.17, 15) is 0 Å². The zero-order chi connectivity index (χ0) is 7.90. The molecule has 0 heterocycles. The van der Waals surface area contributed by atoms with Crippen LogP contribution in [0.2, 0.25) is 0 Å². The highest BCUT2D eigenvalue weighted by molar-refractivity contribution is 5.02. The van der Waals surface area contributed by atoms with E-state index >= 15 is 0 Å². The van der Waals surface area contributed by atoms with Gasteiger partial charge in [-0.3, -0.25) is 0 Å². The fraction of sp³-hybridized carbons (Fsp3) is 1.00. The second-order valence-electron chi connectivity index (χ2n) is 4.31. The van der Waals surface area contributed by atoms with Crippen LogP contribution < -0.4 is 11.1 Å². The Balaban J connectivity index is 1.90. The molecule has 2 fully saturated rings. The number of nitrogens with one attached hydrogen (secondary N) is 1. The summed E-state index contributed by atoms with van der Waals surface area (Å²) >= 11 is 0. The van der Waals surface area contributed by atoms with Crippen LogP contribution in [0.4, 0.5) is 0 Å². The summed E-state index contributed by atoms with van der Waals surface area (Å²) in [5.74, 6) is 0.869. The lowest BCUT2D eigenvalue weighted by Crippen LogP contribution is -2.51. The Kier molecular flexibility index (Phi) is 1.69. The second-order valence-corrected chi connectivity index (χ2v) is 4.31. The molecule has 0 aromatic carbocycles. The fourth-order valence-corrected chi connectivity index (χ4v) is 1.76. The monoisotopic (exact) mass is 154 g/mol. The van der Waals surface area contributed by atoms with E-state index in [1.165, 1.54) is 25.7 Å². The third-order valence-electron chi connectivity index (χ3n) is 3.01. The zero-order valence-corrected chi connectivity index (χ0v) is 7.27. The zero-order valence-electron chi connectivity index (χ0n) is 7.27. The molecule has 1 unspecified atom stereocenters. The normalized spacial score (nSPS) is 30.0. The predicted molar refractivity (Wildman–Crippen MR) is 46.3 cm³/mol. The van der Waals surface area contributed by atoms with E-state index in [0.717, 1.165) is 18.5 Å². The molecule has 1 atom stereocenters. The van der Waals surface area contributed by atoms with Gasteiger partial charge in [-0.2, -0.15) is 0 Å². The van der Waals surface area contributed by atoms with Crippen LogP contribution in [0, 0.1) is 5.92 Å². The molecular weight excluding hydrogens is 136 g/mol. The van der Waals surface area contributed by atoms with Crippen molar-refractivity contribution in [2.45, 2.75) is 44.2 Å². The molecule has 64 valence electrons. The van der Waals surface area contributed by atoms with Gasteiger partial charge in [-0.1, -0.05) is 0 Å². The largest absolute Gasteiger partial charge is 0.329 e. The summed E-state index contributed by atoms with van der Waals surface area (Å²) in [5.41, 5.74) is 6.03. The van der Waals surface area contributed by atoms with Crippen molar-refractivity contribution in [3.63, 3.8) is 0 Å². The van der Waals surface area contributed by atoms with E-state index in [-0.39, 0.29) is 5.54 Å². The Morgan fingerprint density at radius 3 is 2.36 bits per heavy atom. The van der Waals surface area contributed by atoms with Crippen LogP contribution in [-0.4, -0.2) is 18.1 Å². The molecule has 2 rings (SSSR count). The lowest BCUT2D eigenvalue weighted by atomic mass is 9.96. The molecule has 2 nitrogen and oxygen atoms in total. The molecular formula is C9H18N2. The Morgan fingerprint density at radius 1 is 1.36 bits per heavy atom. The van der Waals surface area contributed by atoms with Gasteiger partial charge in [0, 0.05) is 18.1 Å². The standard InChI is InChI=1S/C9H18N2/c1-9(6-10,7-2-3-7)11-8-4-5-8/h7-8,11H,2-6,10H2,1H3. The van der Waals surface area contributed by atoms with Crippen LogP contribution >= 0.6 is 0 Å². The van der Waals surface area contributed by atoms with Gasteiger partial charge in [0.1, 0.15) is 0 Å². The van der Waals surface area contributed by atoms with Crippen molar-refractivity contribution in [2.75, 3.05) is 6.54 Å². The van der Waals surface area contributed by atoms with Crippen LogP contribution in [-0.2, 0) is 0 Å². The van der Waals surface area contributed by atoms with Crippen LogP contribution in [0.3, 0.4) is 0 Å². The molecule has 0 spiro atoms. The van der Waals surface area contributed by atoms with E-state index in [1.54, 1.807) is 0 Å². The third kappa shape index (κ3) is 1.57. The maximum atomic E-state index is 5.76. The van der Waals surface area contributed by atoms with Gasteiger partial charge in [-0.15, -0.1) is 0 Å². The first kappa shape index (κ1) is 7.56. The first-order valence-electron chi connectivity index (χ1n) is 4.72. The van der Waals surface area contributed by atoms with Crippen molar-refractivity contribution < 1.29 is 0 Å². The summed E-state index contributed by atoms with van der Waals surface area (Å²) in [6.07, 6.45) is 5.49. The predicted octanol–water partition coefficient (Wildman–Crippen LogP) is 0.866. The van der Waals surface area contributed by atoms with Gasteiger partial charge in [-0.05, 0) is 38.5 Å². The highest BCUT2D eigenvalue weighted by Gasteiger charge is 2.43. The van der Waals surface area contributed by atoms with E-state index in [2.05, 4.69) is 12.2 Å². The summed E-state index contributed by atoms with van der Waals surface area (Å²) < 4.78 is 0. The number of hydrogen-bond donors (Lipinski definition) is 2. The first-order chi connectivity index (χ1) is 5.24. The molecule has 3 N–H and O–H groups in total. The molecule has 0 aromatic heterocycles. The molecule has 0 radical (unpaired) electrons. The van der Waals surface area contributed by atoms with Gasteiger partial charge >= 0.3 is 0 Å². The maximum Gasteiger partial charge on any atom is 0.0306 e. The molecule has 2 aliphatic carbocycles. The molecule has 11 heavy (non-hydrogen) atoms. The van der Waals surface area contributed by atoms with Gasteiger partial charge in [0.05, 0.1) is 0 Å². The Morgan fingerprint density at radius 2 is 2.00 bits per heavy atom. The van der Waals surface area contributed by atoms with Crippen molar-refractivity contribution in [3.8, 4) is 0 Å². The van der Waals surface area contributed by atoms with E-state index in [4.69, 9.17) is 5.73 Å². The van der Waals surface area contributed by atoms with Crippen LogP contribution in [0.15, 0.2) is 0 Å². The van der Waals surface area contributed by atoms with Gasteiger partial charge in [-0.25, -0.2) is 0 Å². The second kappa shape index (κ2) is 2.46. The molecule has 0 aliphatic heterocycles. The average Bonchev–Trinajstić information content (AvgIpc) is 2.81. The minimum Gasteiger partial charge on any atom is -0.329 e. The number of rotatable bonds is 4. The quantitative estimate of drug-likeness (QED) is 0.630. The molecule has 0 bridgehead atoms. The molecule has 2 heteroatoms. The lowest BCUT2D eigenvalue weighted by Gasteiger charge is -2.29. The van der Waals surface area contributed by atoms with Crippen molar-refractivity contribution in [2.24, 2.45) is 11.7 Å². The number of nitrogens with two attached hydrogens (primary N) is 1. The van der Waals surface area contributed by atoms with Gasteiger partial charge in [0.2, 0.25) is 0 Å². The van der Waals surface area contributed by atoms with Crippen molar-refractivity contribution in [1.29, 1.82) is 0 Å². The molecule has 2 aliphatic rings. The van der Waals surface area contributed by atoms with Gasteiger partial charge in [0.15, 0.2) is 0 Å². The summed E-state index contributed by atoms with van der Waals surface area (Å²) in [4.78, 5) is 0. The molecule has 0 amide bonds. The highest BCUT2D eigenvalue weighted by atomic mass is 15.1. The van der Waals surface area contributed by atoms with Crippen LogP contribution in [0.5, 0.6) is 0 Å². The maximum absolute atomic E-state index is 5.76. The Hall–Kier alpha value is -0.0800. The van der Waals surface area contributed by atoms with Crippen molar-refractivity contribution in [3.05, 3.63) is 0 Å². The molecule has 2 saturated carbocycles. The fourth-order valence-electron chi connectivity index (χ4n) is 1.76. The third-order valence-corrected chi connectivity index (χ3v) is 3.01. The molecule has 0 aromatic rings. The number of hydrogen-bond acceptors (Lipinski definition) is 2. The van der Waals surface area contributed by atoms with Gasteiger partial charge in [0.25, 0.3) is 0 Å². The van der Waals surface area contributed by atoms with E-state index in [1.807, 2.05) is 0 Å². The van der Waals surface area contributed by atoms with Crippen molar-refractivity contribution >= 4 is 0 Å². The Bertz CT molecular complexity index is 150. The minimum atomic E-state index is 0.265. The van der Waals surface area contributed by atoms with Gasteiger partial charge < -0.3 is 11.1 Å². The summed E-state index contributed by atoms with van der Waals surface area (Å²) in [7, 11) is 0.